The van der Waals surface area contributed by atoms with E-state index in [-0.39, 0.29) is 0 Å². The Kier molecular flexibility index (Phi) is 2.40. The number of aromatic hydroxyl groups is 1. The Balaban J connectivity index is 2.04. The van der Waals surface area contributed by atoms with E-state index in [1.165, 1.54) is 36.8 Å². The van der Waals surface area contributed by atoms with E-state index in [1.54, 1.807) is 0 Å². The minimum absolute atomic E-state index is 0.409. The molecule has 1 saturated heterocycles. The number of aryl methyl sites for hydroxylation is 1. The van der Waals surface area contributed by atoms with Crippen molar-refractivity contribution >= 4 is 0 Å². The molecule has 0 saturated carbocycles. The monoisotopic (exact) mass is 217 g/mol. The van der Waals surface area contributed by atoms with E-state index >= 15 is 0 Å². The zero-order valence-corrected chi connectivity index (χ0v) is 9.63. The van der Waals surface area contributed by atoms with Crippen molar-refractivity contribution in [2.24, 2.45) is 0 Å². The average molecular weight is 217 g/mol. The molecule has 2 nitrogen and oxygen atoms in total. The lowest BCUT2D eigenvalue weighted by Crippen LogP contribution is -2.41. The van der Waals surface area contributed by atoms with Crippen LogP contribution in [-0.2, 0) is 11.8 Å². The summed E-state index contributed by atoms with van der Waals surface area (Å²) in [5.41, 5.74) is 3.30. The predicted molar refractivity (Wildman–Crippen MR) is 64.8 cm³/mol. The Hall–Kier alpha value is -1.02. The van der Waals surface area contributed by atoms with Gasteiger partial charge in [0.15, 0.2) is 0 Å². The topological polar surface area (TPSA) is 32.3 Å². The van der Waals surface area contributed by atoms with Crippen LogP contribution in [0.3, 0.4) is 0 Å². The number of phenolic OH excluding ortho intramolecular Hbond substituents is 1. The molecule has 1 aromatic rings. The molecular formula is C14H19NO. The van der Waals surface area contributed by atoms with E-state index in [9.17, 15) is 5.11 Å². The highest BCUT2D eigenvalue weighted by Gasteiger charge is 2.37. The van der Waals surface area contributed by atoms with Crippen LogP contribution in [0, 0.1) is 0 Å². The van der Waals surface area contributed by atoms with Crippen molar-refractivity contribution in [3.63, 3.8) is 0 Å². The van der Waals surface area contributed by atoms with Crippen molar-refractivity contribution < 1.29 is 5.11 Å². The molecule has 0 radical (unpaired) electrons. The molecule has 1 spiro atoms. The summed E-state index contributed by atoms with van der Waals surface area (Å²) in [5, 5.41) is 13.0. The second-order valence-electron chi connectivity index (χ2n) is 5.23. The van der Waals surface area contributed by atoms with E-state index in [2.05, 4.69) is 11.4 Å². The number of fused-ring (bicyclic) bond motifs is 2. The molecule has 3 rings (SSSR count). The third-order valence-electron chi connectivity index (χ3n) is 4.32. The third-order valence-corrected chi connectivity index (χ3v) is 4.32. The molecule has 1 heterocycles. The summed E-state index contributed by atoms with van der Waals surface area (Å²) in [4.78, 5) is 0. The number of phenols is 1. The van der Waals surface area contributed by atoms with Crippen LogP contribution in [0.25, 0.3) is 0 Å². The number of hydrogen-bond donors (Lipinski definition) is 2. The highest BCUT2D eigenvalue weighted by Crippen LogP contribution is 2.44. The molecule has 86 valence electrons. The Bertz CT molecular complexity index is 394. The van der Waals surface area contributed by atoms with E-state index in [0.717, 1.165) is 19.5 Å². The highest BCUT2D eigenvalue weighted by atomic mass is 16.3. The van der Waals surface area contributed by atoms with E-state index in [0.29, 0.717) is 11.2 Å². The van der Waals surface area contributed by atoms with Crippen LogP contribution < -0.4 is 5.32 Å². The van der Waals surface area contributed by atoms with E-state index in [1.807, 2.05) is 12.1 Å². The fourth-order valence-electron chi connectivity index (χ4n) is 3.48. The lowest BCUT2D eigenvalue weighted by Gasteiger charge is -2.42. The van der Waals surface area contributed by atoms with Gasteiger partial charge in [0.05, 0.1) is 0 Å². The number of benzene rings is 1. The first-order valence-corrected chi connectivity index (χ1v) is 6.33. The van der Waals surface area contributed by atoms with Gasteiger partial charge in [0, 0.05) is 0 Å². The summed E-state index contributed by atoms with van der Waals surface area (Å²) in [6, 6.07) is 5.99. The van der Waals surface area contributed by atoms with E-state index in [4.69, 9.17) is 0 Å². The van der Waals surface area contributed by atoms with Gasteiger partial charge in [0.1, 0.15) is 5.75 Å². The van der Waals surface area contributed by atoms with Crippen LogP contribution in [0.1, 0.15) is 36.8 Å². The second-order valence-corrected chi connectivity index (χ2v) is 5.23. The molecule has 16 heavy (non-hydrogen) atoms. The molecule has 1 aliphatic heterocycles. The first kappa shape index (κ1) is 10.2. The number of nitrogens with one attached hydrogen (secondary N) is 1. The largest absolute Gasteiger partial charge is 0.508 e. The maximum atomic E-state index is 9.56. The average Bonchev–Trinajstić information content (AvgIpc) is 2.30. The maximum absolute atomic E-state index is 9.56. The van der Waals surface area contributed by atoms with Crippen LogP contribution in [0.5, 0.6) is 5.75 Å². The van der Waals surface area contributed by atoms with Crippen LogP contribution in [0.4, 0.5) is 0 Å². The van der Waals surface area contributed by atoms with Crippen LogP contribution >= 0.6 is 0 Å². The van der Waals surface area contributed by atoms with Gasteiger partial charge in [0.25, 0.3) is 0 Å². The van der Waals surface area contributed by atoms with Gasteiger partial charge in [-0.25, -0.2) is 0 Å². The van der Waals surface area contributed by atoms with Gasteiger partial charge in [-0.2, -0.15) is 0 Å². The Morgan fingerprint density at radius 3 is 2.75 bits per heavy atom. The molecule has 0 bridgehead atoms. The Morgan fingerprint density at radius 1 is 1.12 bits per heavy atom. The fourth-order valence-corrected chi connectivity index (χ4v) is 3.48. The molecule has 2 aliphatic rings. The normalized spacial score (nSPS) is 23.0. The van der Waals surface area contributed by atoms with Gasteiger partial charge >= 0.3 is 0 Å². The second kappa shape index (κ2) is 3.77. The van der Waals surface area contributed by atoms with Crippen LogP contribution in [-0.4, -0.2) is 18.2 Å². The highest BCUT2D eigenvalue weighted by molar-refractivity contribution is 5.42. The quantitative estimate of drug-likeness (QED) is 0.699. The molecule has 0 unspecified atom stereocenters. The zero-order chi connectivity index (χ0) is 11.0. The summed E-state index contributed by atoms with van der Waals surface area (Å²) in [5.74, 6) is 0.421. The molecule has 2 heteroatoms. The standard InChI is InChI=1S/C14H19NO/c16-12-3-4-13-11(10-12)2-1-5-14(13)6-8-15-9-7-14/h3-4,10,15-16H,1-2,5-9H2. The minimum Gasteiger partial charge on any atom is -0.508 e. The zero-order valence-electron chi connectivity index (χ0n) is 9.63. The van der Waals surface area contributed by atoms with E-state index < -0.39 is 0 Å². The van der Waals surface area contributed by atoms with Gasteiger partial charge in [0.2, 0.25) is 0 Å². The molecule has 1 fully saturated rings. The Morgan fingerprint density at radius 2 is 1.94 bits per heavy atom. The SMILES string of the molecule is Oc1ccc2c(c1)CCCC21CCNCC1. The third kappa shape index (κ3) is 1.52. The minimum atomic E-state index is 0.409. The lowest BCUT2D eigenvalue weighted by molar-refractivity contribution is 0.268. The van der Waals surface area contributed by atoms with Gasteiger partial charge in [-0.1, -0.05) is 6.07 Å². The van der Waals surface area contributed by atoms with Crippen LogP contribution in [0.2, 0.25) is 0 Å². The predicted octanol–water partition coefficient (Wildman–Crippen LogP) is 2.35. The summed E-state index contributed by atoms with van der Waals surface area (Å²) < 4.78 is 0. The van der Waals surface area contributed by atoms with Crippen LogP contribution in [0.15, 0.2) is 18.2 Å². The number of piperidine rings is 1. The smallest absolute Gasteiger partial charge is 0.115 e. The molecule has 0 amide bonds. The molecular weight excluding hydrogens is 198 g/mol. The van der Waals surface area contributed by atoms with Gasteiger partial charge in [-0.15, -0.1) is 0 Å². The number of hydrogen-bond acceptors (Lipinski definition) is 2. The van der Waals surface area contributed by atoms with Crippen molar-refractivity contribution in [2.75, 3.05) is 13.1 Å². The molecule has 0 atom stereocenters. The summed E-state index contributed by atoms with van der Waals surface area (Å²) in [7, 11) is 0. The maximum Gasteiger partial charge on any atom is 0.115 e. The van der Waals surface area contributed by atoms with Crippen molar-refractivity contribution in [3.8, 4) is 5.75 Å². The fraction of sp³-hybridized carbons (Fsp3) is 0.571. The van der Waals surface area contributed by atoms with Gasteiger partial charge < -0.3 is 10.4 Å². The molecule has 0 aromatic heterocycles. The molecule has 1 aliphatic carbocycles. The molecule has 2 N–H and O–H groups in total. The lowest BCUT2D eigenvalue weighted by atomic mass is 9.65. The van der Waals surface area contributed by atoms with Gasteiger partial charge in [-0.05, 0) is 73.9 Å². The van der Waals surface area contributed by atoms with Gasteiger partial charge in [-0.3, -0.25) is 0 Å². The summed E-state index contributed by atoms with van der Waals surface area (Å²) in [6.45, 7) is 2.28. The number of rotatable bonds is 0. The van der Waals surface area contributed by atoms with Crippen molar-refractivity contribution in [1.82, 2.24) is 5.32 Å². The van der Waals surface area contributed by atoms with Crippen molar-refractivity contribution in [1.29, 1.82) is 0 Å². The summed E-state index contributed by atoms with van der Waals surface area (Å²) in [6.07, 6.45) is 6.25. The van der Waals surface area contributed by atoms with Crippen molar-refractivity contribution in [2.45, 2.75) is 37.5 Å². The van der Waals surface area contributed by atoms with Crippen molar-refractivity contribution in [3.05, 3.63) is 29.3 Å². The first-order valence-electron chi connectivity index (χ1n) is 6.33. The Labute approximate surface area is 96.7 Å². The molecule has 1 aromatic carbocycles. The first-order chi connectivity index (χ1) is 7.80. The summed E-state index contributed by atoms with van der Waals surface area (Å²) >= 11 is 0.